The van der Waals surface area contributed by atoms with E-state index in [0.717, 1.165) is 41.5 Å². The Morgan fingerprint density at radius 1 is 0.683 bits per heavy atom. The van der Waals surface area contributed by atoms with Gasteiger partial charge >= 0.3 is 35.8 Å². The fraction of sp³-hybridized carbons (Fsp3) is 0.720. The number of nitrogens with zero attached hydrogens (tertiary/aromatic N) is 1. The summed E-state index contributed by atoms with van der Waals surface area (Å²) < 4.78 is 31.2. The van der Waals surface area contributed by atoms with Crippen molar-refractivity contribution in [1.82, 2.24) is 0 Å². The van der Waals surface area contributed by atoms with E-state index in [1.165, 1.54) is 20.8 Å². The zero-order valence-electron chi connectivity index (χ0n) is 24.4. The molecule has 0 aromatic rings. The van der Waals surface area contributed by atoms with Gasteiger partial charge in [0, 0.05) is 39.5 Å². The van der Waals surface area contributed by atoms with Gasteiger partial charge in [0.05, 0.1) is 5.92 Å². The number of carbonyl (C=O) groups excluding carboxylic acids is 7. The number of rotatable bonds is 15. The first-order valence-corrected chi connectivity index (χ1v) is 12.3. The average molecular weight is 592 g/mol. The van der Waals surface area contributed by atoms with E-state index in [-0.39, 0.29) is 0 Å². The summed E-state index contributed by atoms with van der Waals surface area (Å²) >= 11 is 0. The fourth-order valence-corrected chi connectivity index (χ4v) is 3.84. The number of ether oxygens (including phenoxy) is 6. The minimum Gasteiger partial charge on any atom is -0.462 e. The highest BCUT2D eigenvalue weighted by atomic mass is 16.6. The molecule has 0 aliphatic rings. The molecule has 0 aromatic heterocycles. The molecule has 6 atom stereocenters. The summed E-state index contributed by atoms with van der Waals surface area (Å²) in [5.74, 6) is -11.0. The van der Waals surface area contributed by atoms with Gasteiger partial charge in [0.1, 0.15) is 23.9 Å². The molecular weight excluding hydrogens is 554 g/mol. The van der Waals surface area contributed by atoms with Crippen molar-refractivity contribution in [3.8, 4) is 0 Å². The predicted octanol–water partition coefficient (Wildman–Crippen LogP) is 0.716. The fourth-order valence-electron chi connectivity index (χ4n) is 3.84. The quantitative estimate of drug-likeness (QED) is 0.0842. The van der Waals surface area contributed by atoms with Crippen molar-refractivity contribution in [1.29, 1.82) is 0 Å². The second-order valence-corrected chi connectivity index (χ2v) is 9.97. The van der Waals surface area contributed by atoms with Gasteiger partial charge in [-0.25, -0.2) is 0 Å². The summed E-state index contributed by atoms with van der Waals surface area (Å²) in [6, 6.07) is 0. The first kappa shape index (κ1) is 36.9. The molecule has 0 spiro atoms. The Balaban J connectivity index is 7.43. The number of nitro groups is 1. The molecular formula is C25H37NO15. The first-order valence-electron chi connectivity index (χ1n) is 12.3. The summed E-state index contributed by atoms with van der Waals surface area (Å²) in [6.07, 6.45) is -7.71. The summed E-state index contributed by atoms with van der Waals surface area (Å²) in [5.41, 5.74) is -1.15. The lowest BCUT2D eigenvalue weighted by Crippen LogP contribution is -2.58. The topological polar surface area (TPSA) is 218 Å². The summed E-state index contributed by atoms with van der Waals surface area (Å²) in [5, 5.41) is 11.8. The average Bonchev–Trinajstić information content (AvgIpc) is 2.74. The molecule has 232 valence electrons. The number of hydrogen-bond donors (Lipinski definition) is 0. The largest absolute Gasteiger partial charge is 0.462 e. The normalized spacial score (nSPS) is 15.4. The van der Waals surface area contributed by atoms with Crippen molar-refractivity contribution >= 4 is 41.6 Å². The Bertz CT molecular complexity index is 1010. The second-order valence-electron chi connectivity index (χ2n) is 9.97. The van der Waals surface area contributed by atoms with Gasteiger partial charge in [-0.15, -0.1) is 0 Å². The van der Waals surface area contributed by atoms with Crippen LogP contribution < -0.4 is 0 Å². The van der Waals surface area contributed by atoms with E-state index in [0.29, 0.717) is 0 Å². The molecule has 0 bridgehead atoms. The van der Waals surface area contributed by atoms with Crippen LogP contribution >= 0.6 is 0 Å². The first-order chi connectivity index (χ1) is 18.7. The minimum absolute atomic E-state index is 0.764. The van der Waals surface area contributed by atoms with Crippen LogP contribution in [0.3, 0.4) is 0 Å². The molecule has 0 aliphatic heterocycles. The zero-order valence-corrected chi connectivity index (χ0v) is 24.4. The number of esters is 6. The van der Waals surface area contributed by atoms with Crippen molar-refractivity contribution in [2.75, 3.05) is 13.2 Å². The Hall–Kier alpha value is -4.11. The van der Waals surface area contributed by atoms with E-state index in [9.17, 15) is 43.7 Å². The smallest absolute Gasteiger partial charge is 0.317 e. The van der Waals surface area contributed by atoms with E-state index in [2.05, 4.69) is 0 Å². The van der Waals surface area contributed by atoms with Crippen LogP contribution in [0.25, 0.3) is 0 Å². The van der Waals surface area contributed by atoms with E-state index >= 15 is 0 Å². The zero-order chi connectivity index (χ0) is 32.2. The lowest BCUT2D eigenvalue weighted by Gasteiger charge is -2.38. The van der Waals surface area contributed by atoms with Crippen LogP contribution in [0.1, 0.15) is 62.3 Å². The van der Waals surface area contributed by atoms with Gasteiger partial charge in [0.25, 0.3) is 0 Å². The molecule has 41 heavy (non-hydrogen) atoms. The van der Waals surface area contributed by atoms with Crippen LogP contribution in [-0.2, 0) is 62.0 Å². The minimum atomic E-state index is -2.04. The van der Waals surface area contributed by atoms with E-state index in [1.807, 2.05) is 0 Å². The predicted molar refractivity (Wildman–Crippen MR) is 134 cm³/mol. The highest BCUT2D eigenvalue weighted by Gasteiger charge is 2.53. The molecule has 0 amide bonds. The molecule has 0 aromatic carbocycles. The SMILES string of the molecule is CC(=O)OCC(OC(C)=O)C(OC(C)=O)C(OC(C)=O)C(OC(C)=O)C(C[N+](=O)[O-])C(C(C)=O)C(=O)OC(C)(C)C. The number of hydrogen-bond acceptors (Lipinski definition) is 15. The van der Waals surface area contributed by atoms with Gasteiger partial charge < -0.3 is 28.4 Å². The molecule has 0 rings (SSSR count). The monoisotopic (exact) mass is 591 g/mol. The van der Waals surface area contributed by atoms with Gasteiger partial charge in [-0.2, -0.15) is 0 Å². The van der Waals surface area contributed by atoms with Crippen molar-refractivity contribution < 1.29 is 66.9 Å². The number of ketones is 1. The maximum absolute atomic E-state index is 13.1. The summed E-state index contributed by atoms with van der Waals surface area (Å²) in [4.78, 5) is 96.7. The molecule has 0 saturated carbocycles. The van der Waals surface area contributed by atoms with E-state index in [4.69, 9.17) is 28.4 Å². The van der Waals surface area contributed by atoms with Crippen LogP contribution in [0.5, 0.6) is 0 Å². The van der Waals surface area contributed by atoms with Gasteiger partial charge in [-0.1, -0.05) is 0 Å². The lowest BCUT2D eigenvalue weighted by molar-refractivity contribution is -0.492. The Labute approximate surface area is 236 Å². The molecule has 0 N–H and O–H groups in total. The second kappa shape index (κ2) is 16.2. The van der Waals surface area contributed by atoms with Crippen LogP contribution in [0.15, 0.2) is 0 Å². The molecule has 6 unspecified atom stereocenters. The molecule has 0 aliphatic carbocycles. The maximum Gasteiger partial charge on any atom is 0.317 e. The third kappa shape index (κ3) is 14.2. The highest BCUT2D eigenvalue weighted by Crippen LogP contribution is 2.31. The van der Waals surface area contributed by atoms with Gasteiger partial charge in [0.2, 0.25) is 6.54 Å². The third-order valence-electron chi connectivity index (χ3n) is 5.00. The molecule has 0 saturated heterocycles. The number of Topliss-reactive ketones (excluding diaryl/α,β-unsaturated/α-hetero) is 1. The lowest BCUT2D eigenvalue weighted by atomic mass is 9.80. The van der Waals surface area contributed by atoms with Crippen LogP contribution in [0.2, 0.25) is 0 Å². The molecule has 16 heteroatoms. The Morgan fingerprint density at radius 3 is 1.49 bits per heavy atom. The third-order valence-corrected chi connectivity index (χ3v) is 5.00. The molecule has 0 heterocycles. The van der Waals surface area contributed by atoms with Crippen molar-refractivity contribution in [3.63, 3.8) is 0 Å². The summed E-state index contributed by atoms with van der Waals surface area (Å²) in [6.45, 7) is 8.09. The highest BCUT2D eigenvalue weighted by molar-refractivity contribution is 5.98. The Kier molecular flexibility index (Phi) is 14.6. The molecule has 0 radical (unpaired) electrons. The summed E-state index contributed by atoms with van der Waals surface area (Å²) in [7, 11) is 0. The van der Waals surface area contributed by atoms with E-state index < -0.39 is 102 Å². The van der Waals surface area contributed by atoms with Gasteiger partial charge in [0.15, 0.2) is 24.4 Å². The Morgan fingerprint density at radius 2 is 1.12 bits per heavy atom. The van der Waals surface area contributed by atoms with Crippen LogP contribution in [-0.4, -0.2) is 89.7 Å². The van der Waals surface area contributed by atoms with Crippen LogP contribution in [0, 0.1) is 22.0 Å². The van der Waals surface area contributed by atoms with E-state index in [1.54, 1.807) is 0 Å². The standard InChI is InChI=1S/C25H37NO15/c1-12(27)20(24(33)41-25(7,8)9)18(10-26(34)35)21(38-15(4)30)23(40-17(6)32)22(39-16(5)31)19(37-14(3)29)11-36-13(2)28/h18-23H,10-11H2,1-9H3. The van der Waals surface area contributed by atoms with Gasteiger partial charge in [-0.05, 0) is 27.7 Å². The van der Waals surface area contributed by atoms with Crippen molar-refractivity contribution in [3.05, 3.63) is 10.1 Å². The molecule has 16 nitrogen and oxygen atoms in total. The van der Waals surface area contributed by atoms with Crippen LogP contribution in [0.4, 0.5) is 0 Å². The van der Waals surface area contributed by atoms with Crippen molar-refractivity contribution in [2.24, 2.45) is 11.8 Å². The maximum atomic E-state index is 13.1. The molecule has 0 fully saturated rings. The number of carbonyl (C=O) groups is 7. The van der Waals surface area contributed by atoms with Gasteiger partial charge in [-0.3, -0.25) is 43.7 Å². The van der Waals surface area contributed by atoms with Crippen molar-refractivity contribution in [2.45, 2.75) is 92.3 Å².